The molecular weight excluding hydrogens is 432 g/mol. The van der Waals surface area contributed by atoms with Gasteiger partial charge in [0, 0.05) is 51.2 Å². The van der Waals surface area contributed by atoms with Gasteiger partial charge in [-0.05, 0) is 39.3 Å². The molecule has 1 amide bonds. The van der Waals surface area contributed by atoms with E-state index in [-0.39, 0.29) is 11.9 Å². The number of carbonyl (C=O) groups is 1. The number of aliphatic hydroxyl groups is 1. The van der Waals surface area contributed by atoms with Crippen LogP contribution in [0.15, 0.2) is 30.9 Å². The second kappa shape index (κ2) is 8.25. The molecule has 2 aliphatic rings. The summed E-state index contributed by atoms with van der Waals surface area (Å²) in [6.07, 6.45) is 6.35. The monoisotopic (exact) mass is 460 g/mol. The fraction of sp³-hybridized carbons (Fsp3) is 0.458. The summed E-state index contributed by atoms with van der Waals surface area (Å²) in [6.45, 7) is 8.64. The third-order valence-electron chi connectivity index (χ3n) is 6.57. The van der Waals surface area contributed by atoms with Crippen LogP contribution in [0.5, 0.6) is 0 Å². The predicted molar refractivity (Wildman–Crippen MR) is 128 cm³/mol. The van der Waals surface area contributed by atoms with Gasteiger partial charge in [0.2, 0.25) is 0 Å². The second-order valence-electron chi connectivity index (χ2n) is 9.49. The summed E-state index contributed by atoms with van der Waals surface area (Å²) in [7, 11) is 0. The van der Waals surface area contributed by atoms with Crippen molar-refractivity contribution in [3.63, 3.8) is 0 Å². The van der Waals surface area contributed by atoms with Crippen LogP contribution in [-0.2, 0) is 4.79 Å². The maximum Gasteiger partial charge on any atom is 0.254 e. The van der Waals surface area contributed by atoms with Crippen LogP contribution in [0.2, 0.25) is 0 Å². The van der Waals surface area contributed by atoms with Crippen molar-refractivity contribution >= 4 is 28.4 Å². The zero-order valence-corrected chi connectivity index (χ0v) is 19.6. The number of rotatable bonds is 4. The molecule has 0 unspecified atom stereocenters. The summed E-state index contributed by atoms with van der Waals surface area (Å²) in [4.78, 5) is 32.6. The van der Waals surface area contributed by atoms with E-state index in [4.69, 9.17) is 4.98 Å². The highest BCUT2D eigenvalue weighted by Gasteiger charge is 2.36. The number of hydrogen-bond acceptors (Lipinski definition) is 8. The molecule has 10 heteroatoms. The Balaban J connectivity index is 1.57. The lowest BCUT2D eigenvalue weighted by molar-refractivity contribution is -0.148. The summed E-state index contributed by atoms with van der Waals surface area (Å²) >= 11 is 0. The van der Waals surface area contributed by atoms with Crippen LogP contribution in [0.25, 0.3) is 16.9 Å². The van der Waals surface area contributed by atoms with Gasteiger partial charge in [-0.15, -0.1) is 0 Å². The SMILES string of the molecule is C[C@H]1CN(C(=O)C(C)(C)O)CCN1c1ncnc2c1c(N1CCC1)cn2-c1cc(C#N)ccn1. The Bertz CT molecular complexity index is 1280. The molecule has 0 aromatic carbocycles. The standard InChI is InChI=1S/C24H28N8O2/c1-16-13-30(23(33)24(2,3)34)9-10-31(16)21-20-18(29-7-4-8-29)14-32(22(20)28-15-27-21)19-11-17(12-25)5-6-26-19/h5-6,11,14-16,34H,4,7-10,13H2,1-3H3/t16-/m0/s1. The number of aromatic nitrogens is 4. The number of carbonyl (C=O) groups excluding carboxylic acids is 1. The number of anilines is 2. The van der Waals surface area contributed by atoms with Crippen molar-refractivity contribution in [2.45, 2.75) is 38.8 Å². The molecular formula is C24H28N8O2. The Kier molecular flexibility index (Phi) is 5.37. The highest BCUT2D eigenvalue weighted by Crippen LogP contribution is 2.38. The minimum atomic E-state index is -1.39. The van der Waals surface area contributed by atoms with Gasteiger partial charge < -0.3 is 19.8 Å². The summed E-state index contributed by atoms with van der Waals surface area (Å²) in [5.41, 5.74) is 0.921. The Hall–Kier alpha value is -3.71. The molecule has 3 aromatic heterocycles. The molecule has 5 rings (SSSR count). The van der Waals surface area contributed by atoms with Gasteiger partial charge in [-0.3, -0.25) is 9.36 Å². The average molecular weight is 461 g/mol. The highest BCUT2D eigenvalue weighted by atomic mass is 16.3. The van der Waals surface area contributed by atoms with Crippen molar-refractivity contribution in [1.29, 1.82) is 5.26 Å². The maximum absolute atomic E-state index is 12.6. The molecule has 3 aromatic rings. The third kappa shape index (κ3) is 3.72. The fourth-order valence-corrected chi connectivity index (χ4v) is 4.68. The van der Waals surface area contributed by atoms with Gasteiger partial charge in [0.25, 0.3) is 5.91 Å². The molecule has 0 radical (unpaired) electrons. The Morgan fingerprint density at radius 2 is 2.00 bits per heavy atom. The van der Waals surface area contributed by atoms with Crippen molar-refractivity contribution in [2.24, 2.45) is 0 Å². The number of pyridine rings is 1. The van der Waals surface area contributed by atoms with E-state index in [0.717, 1.165) is 42.0 Å². The molecule has 0 aliphatic carbocycles. The molecule has 1 atom stereocenters. The van der Waals surface area contributed by atoms with E-state index in [2.05, 4.69) is 32.8 Å². The van der Waals surface area contributed by atoms with E-state index in [9.17, 15) is 15.2 Å². The molecule has 2 aliphatic heterocycles. The topological polar surface area (TPSA) is 114 Å². The summed E-state index contributed by atoms with van der Waals surface area (Å²) < 4.78 is 1.92. The summed E-state index contributed by atoms with van der Waals surface area (Å²) in [5, 5.41) is 20.5. The lowest BCUT2D eigenvalue weighted by Crippen LogP contribution is -2.57. The lowest BCUT2D eigenvalue weighted by Gasteiger charge is -2.42. The molecule has 10 nitrogen and oxygen atoms in total. The van der Waals surface area contributed by atoms with Crippen molar-refractivity contribution in [3.05, 3.63) is 36.4 Å². The lowest BCUT2D eigenvalue weighted by atomic mass is 10.1. The van der Waals surface area contributed by atoms with Crippen LogP contribution in [-0.4, -0.2) is 79.8 Å². The quantitative estimate of drug-likeness (QED) is 0.626. The molecule has 0 spiro atoms. The number of nitrogens with zero attached hydrogens (tertiary/aromatic N) is 8. The zero-order chi connectivity index (χ0) is 24.0. The van der Waals surface area contributed by atoms with Crippen molar-refractivity contribution in [2.75, 3.05) is 42.5 Å². The largest absolute Gasteiger partial charge is 0.381 e. The maximum atomic E-state index is 12.6. The van der Waals surface area contributed by atoms with Crippen molar-refractivity contribution < 1.29 is 9.90 Å². The van der Waals surface area contributed by atoms with E-state index in [1.807, 2.05) is 10.8 Å². The number of hydrogen-bond donors (Lipinski definition) is 1. The fourth-order valence-electron chi connectivity index (χ4n) is 4.68. The molecule has 5 heterocycles. The van der Waals surface area contributed by atoms with E-state index in [1.165, 1.54) is 13.8 Å². The van der Waals surface area contributed by atoms with Gasteiger partial charge in [0.15, 0.2) is 5.65 Å². The molecule has 2 fully saturated rings. The number of amides is 1. The normalized spacial score (nSPS) is 18.7. The molecule has 176 valence electrons. The molecule has 0 saturated carbocycles. The highest BCUT2D eigenvalue weighted by molar-refractivity contribution is 6.01. The van der Waals surface area contributed by atoms with E-state index >= 15 is 0 Å². The summed E-state index contributed by atoms with van der Waals surface area (Å²) in [5.74, 6) is 1.20. The van der Waals surface area contributed by atoms with Crippen molar-refractivity contribution in [1.82, 2.24) is 24.4 Å². The molecule has 34 heavy (non-hydrogen) atoms. The molecule has 2 saturated heterocycles. The first kappa shape index (κ1) is 22.1. The van der Waals surface area contributed by atoms with Gasteiger partial charge in [-0.25, -0.2) is 15.0 Å². The van der Waals surface area contributed by atoms with Crippen LogP contribution in [0.1, 0.15) is 32.8 Å². The molecule has 0 bridgehead atoms. The number of fused-ring (bicyclic) bond motifs is 1. The van der Waals surface area contributed by atoms with Crippen molar-refractivity contribution in [3.8, 4) is 11.9 Å². The Morgan fingerprint density at radius 3 is 2.65 bits per heavy atom. The third-order valence-corrected chi connectivity index (χ3v) is 6.57. The first-order valence-corrected chi connectivity index (χ1v) is 11.5. The van der Waals surface area contributed by atoms with Crippen LogP contribution in [0.3, 0.4) is 0 Å². The van der Waals surface area contributed by atoms with Gasteiger partial charge >= 0.3 is 0 Å². The van der Waals surface area contributed by atoms with Gasteiger partial charge in [-0.1, -0.05) is 0 Å². The van der Waals surface area contributed by atoms with Crippen LogP contribution < -0.4 is 9.80 Å². The number of piperazine rings is 1. The van der Waals surface area contributed by atoms with E-state index in [0.29, 0.717) is 31.0 Å². The average Bonchev–Trinajstić information content (AvgIpc) is 3.16. The van der Waals surface area contributed by atoms with Gasteiger partial charge in [-0.2, -0.15) is 5.26 Å². The minimum absolute atomic E-state index is 0.00535. The molecule has 1 N–H and O–H groups in total. The first-order valence-electron chi connectivity index (χ1n) is 11.5. The summed E-state index contributed by atoms with van der Waals surface area (Å²) in [6, 6.07) is 5.62. The smallest absolute Gasteiger partial charge is 0.254 e. The minimum Gasteiger partial charge on any atom is -0.381 e. The van der Waals surface area contributed by atoms with E-state index < -0.39 is 5.60 Å². The van der Waals surface area contributed by atoms with Gasteiger partial charge in [0.1, 0.15) is 23.6 Å². The predicted octanol–water partition coefficient (Wildman–Crippen LogP) is 1.71. The van der Waals surface area contributed by atoms with E-state index in [1.54, 1.807) is 29.6 Å². The second-order valence-corrected chi connectivity index (χ2v) is 9.49. The first-order chi connectivity index (χ1) is 16.3. The van der Waals surface area contributed by atoms with Crippen LogP contribution in [0, 0.1) is 11.3 Å². The van der Waals surface area contributed by atoms with Crippen LogP contribution >= 0.6 is 0 Å². The Morgan fingerprint density at radius 1 is 1.21 bits per heavy atom. The van der Waals surface area contributed by atoms with Gasteiger partial charge in [0.05, 0.1) is 22.7 Å². The number of nitriles is 1. The van der Waals surface area contributed by atoms with Crippen LogP contribution in [0.4, 0.5) is 11.5 Å². The zero-order valence-electron chi connectivity index (χ0n) is 19.6. The Labute approximate surface area is 198 Å².